The van der Waals surface area contributed by atoms with Crippen LogP contribution in [0.3, 0.4) is 0 Å². The summed E-state index contributed by atoms with van der Waals surface area (Å²) in [5.41, 5.74) is 0. The Morgan fingerprint density at radius 3 is 0.710 bits per heavy atom. The first-order valence-corrected chi connectivity index (χ1v) is 44.7. The molecule has 0 aliphatic carbocycles. The fraction of sp³-hybridized carbons (Fsp3) is 0.951. The second-order valence-electron chi connectivity index (χ2n) is 30.8. The van der Waals surface area contributed by atoms with Gasteiger partial charge in [-0.1, -0.05) is 364 Å². The number of carbonyl (C=O) groups excluding carboxylic acids is 4. The van der Waals surface area contributed by atoms with Crippen molar-refractivity contribution in [1.82, 2.24) is 0 Å². The average Bonchev–Trinajstić information content (AvgIpc) is 0.930. The number of hydrogen-bond donors (Lipinski definition) is 3. The van der Waals surface area contributed by atoms with Crippen molar-refractivity contribution in [3.63, 3.8) is 0 Å². The van der Waals surface area contributed by atoms with Gasteiger partial charge in [0.05, 0.1) is 26.4 Å². The van der Waals surface area contributed by atoms with Crippen LogP contribution in [0.15, 0.2) is 0 Å². The van der Waals surface area contributed by atoms with Gasteiger partial charge in [0.25, 0.3) is 0 Å². The topological polar surface area (TPSA) is 237 Å². The van der Waals surface area contributed by atoms with Crippen LogP contribution < -0.4 is 0 Å². The Hall–Kier alpha value is -1.94. The van der Waals surface area contributed by atoms with E-state index in [2.05, 4.69) is 55.4 Å². The third-order valence-corrected chi connectivity index (χ3v) is 21.1. The molecule has 594 valence electrons. The maximum absolute atomic E-state index is 13.1. The van der Waals surface area contributed by atoms with E-state index in [0.717, 1.165) is 120 Å². The minimum absolute atomic E-state index is 0.106. The van der Waals surface area contributed by atoms with Gasteiger partial charge >= 0.3 is 39.5 Å². The van der Waals surface area contributed by atoms with E-state index >= 15 is 0 Å². The number of esters is 4. The van der Waals surface area contributed by atoms with Crippen molar-refractivity contribution in [2.75, 3.05) is 39.6 Å². The summed E-state index contributed by atoms with van der Waals surface area (Å²) in [5, 5.41) is 10.6. The van der Waals surface area contributed by atoms with Gasteiger partial charge < -0.3 is 33.8 Å². The zero-order valence-electron chi connectivity index (χ0n) is 65.8. The molecule has 0 bridgehead atoms. The number of aliphatic hydroxyl groups excluding tert-OH is 1. The van der Waals surface area contributed by atoms with Gasteiger partial charge in [0.2, 0.25) is 0 Å². The molecular formula is C81H158O17P2. The average molecular weight is 1470 g/mol. The van der Waals surface area contributed by atoms with Crippen molar-refractivity contribution in [2.24, 2.45) is 23.7 Å². The molecule has 17 nitrogen and oxygen atoms in total. The lowest BCUT2D eigenvalue weighted by Crippen LogP contribution is -2.30. The Morgan fingerprint density at radius 2 is 0.480 bits per heavy atom. The molecule has 0 spiro atoms. The number of phosphoric ester groups is 2. The lowest BCUT2D eigenvalue weighted by molar-refractivity contribution is -0.161. The van der Waals surface area contributed by atoms with Crippen molar-refractivity contribution in [1.29, 1.82) is 0 Å². The quantitative estimate of drug-likeness (QED) is 0.0222. The predicted molar refractivity (Wildman–Crippen MR) is 409 cm³/mol. The second kappa shape index (κ2) is 70.1. The first-order valence-electron chi connectivity index (χ1n) is 41.7. The van der Waals surface area contributed by atoms with Gasteiger partial charge in [-0.05, 0) is 49.4 Å². The van der Waals surface area contributed by atoms with E-state index in [4.69, 9.17) is 37.0 Å². The molecule has 0 rings (SSSR count). The number of hydrogen-bond acceptors (Lipinski definition) is 15. The molecule has 0 saturated heterocycles. The Labute approximate surface area is 613 Å². The van der Waals surface area contributed by atoms with Crippen LogP contribution in [0.4, 0.5) is 0 Å². The summed E-state index contributed by atoms with van der Waals surface area (Å²) in [6, 6.07) is 0. The number of rotatable bonds is 78. The Balaban J connectivity index is 5.21. The van der Waals surface area contributed by atoms with Gasteiger partial charge in [-0.15, -0.1) is 0 Å². The van der Waals surface area contributed by atoms with Crippen LogP contribution in [0, 0.1) is 23.7 Å². The van der Waals surface area contributed by atoms with E-state index < -0.39 is 97.5 Å². The minimum Gasteiger partial charge on any atom is -0.462 e. The molecule has 0 aliphatic rings. The number of unbranched alkanes of at least 4 members (excludes halogenated alkanes) is 43. The van der Waals surface area contributed by atoms with Crippen molar-refractivity contribution in [3.8, 4) is 0 Å². The van der Waals surface area contributed by atoms with Gasteiger partial charge in [0.15, 0.2) is 12.2 Å². The highest BCUT2D eigenvalue weighted by Crippen LogP contribution is 2.45. The lowest BCUT2D eigenvalue weighted by Gasteiger charge is -2.21. The fourth-order valence-electron chi connectivity index (χ4n) is 12.4. The Morgan fingerprint density at radius 1 is 0.280 bits per heavy atom. The molecule has 0 heterocycles. The highest BCUT2D eigenvalue weighted by atomic mass is 31.2. The summed E-state index contributed by atoms with van der Waals surface area (Å²) in [6.45, 7) is 14.3. The van der Waals surface area contributed by atoms with Gasteiger partial charge in [-0.2, -0.15) is 0 Å². The smallest absolute Gasteiger partial charge is 0.462 e. The minimum atomic E-state index is -4.96. The molecule has 19 heteroatoms. The van der Waals surface area contributed by atoms with Crippen LogP contribution in [-0.2, 0) is 65.4 Å². The number of carbonyl (C=O) groups is 4. The van der Waals surface area contributed by atoms with E-state index in [0.29, 0.717) is 25.7 Å². The Bertz CT molecular complexity index is 1960. The molecule has 0 aliphatic heterocycles. The van der Waals surface area contributed by atoms with Crippen molar-refractivity contribution >= 4 is 39.5 Å². The van der Waals surface area contributed by atoms with Crippen LogP contribution in [0.1, 0.15) is 415 Å². The highest BCUT2D eigenvalue weighted by molar-refractivity contribution is 7.47. The maximum atomic E-state index is 13.1. The molecular weight excluding hydrogens is 1310 g/mol. The summed E-state index contributed by atoms with van der Waals surface area (Å²) in [5.74, 6) is 0.984. The van der Waals surface area contributed by atoms with Crippen LogP contribution in [-0.4, -0.2) is 96.7 Å². The summed E-state index contributed by atoms with van der Waals surface area (Å²) < 4.78 is 68.7. The number of ether oxygens (including phenoxy) is 4. The summed E-state index contributed by atoms with van der Waals surface area (Å²) in [4.78, 5) is 73.0. The summed E-state index contributed by atoms with van der Waals surface area (Å²) >= 11 is 0. The van der Waals surface area contributed by atoms with Gasteiger partial charge in [-0.3, -0.25) is 37.3 Å². The Kier molecular flexibility index (Phi) is 68.7. The highest BCUT2D eigenvalue weighted by Gasteiger charge is 2.30. The predicted octanol–water partition coefficient (Wildman–Crippen LogP) is 24.0. The molecule has 0 aromatic heterocycles. The van der Waals surface area contributed by atoms with Gasteiger partial charge in [0, 0.05) is 25.7 Å². The van der Waals surface area contributed by atoms with Crippen molar-refractivity contribution in [2.45, 2.75) is 433 Å². The van der Waals surface area contributed by atoms with Crippen LogP contribution in [0.25, 0.3) is 0 Å². The summed E-state index contributed by atoms with van der Waals surface area (Å²) in [7, 11) is -9.92. The largest absolute Gasteiger partial charge is 0.472 e. The maximum Gasteiger partial charge on any atom is 0.472 e. The van der Waals surface area contributed by atoms with Crippen molar-refractivity contribution in [3.05, 3.63) is 0 Å². The molecule has 0 aromatic rings. The van der Waals surface area contributed by atoms with Crippen LogP contribution >= 0.6 is 15.6 Å². The molecule has 3 unspecified atom stereocenters. The first-order chi connectivity index (χ1) is 48.1. The number of aliphatic hydroxyl groups is 1. The molecule has 6 atom stereocenters. The fourth-order valence-corrected chi connectivity index (χ4v) is 14.0. The van der Waals surface area contributed by atoms with Crippen LogP contribution in [0.2, 0.25) is 0 Å². The van der Waals surface area contributed by atoms with E-state index in [1.165, 1.54) is 212 Å². The zero-order chi connectivity index (χ0) is 73.8. The molecule has 100 heavy (non-hydrogen) atoms. The summed E-state index contributed by atoms with van der Waals surface area (Å²) in [6.07, 6.45) is 56.9. The monoisotopic (exact) mass is 1470 g/mol. The van der Waals surface area contributed by atoms with E-state index in [-0.39, 0.29) is 25.7 Å². The van der Waals surface area contributed by atoms with Crippen molar-refractivity contribution < 1.29 is 80.2 Å². The van der Waals surface area contributed by atoms with E-state index in [1.807, 2.05) is 0 Å². The van der Waals surface area contributed by atoms with E-state index in [1.54, 1.807) is 0 Å². The van der Waals surface area contributed by atoms with E-state index in [9.17, 15) is 43.2 Å². The molecule has 0 fully saturated rings. The molecule has 0 amide bonds. The molecule has 0 saturated carbocycles. The second-order valence-corrected chi connectivity index (χ2v) is 33.7. The third kappa shape index (κ3) is 73.0. The standard InChI is InChI=1S/C81H158O17P2/c1-9-74(8)60-52-44-39-40-46-54-62-79(84)92-68-77(98-81(86)63-55-47-37-31-24-17-15-13-11-10-12-14-16-21-27-33-41-49-57-71(2)3)70-96-100(89,90)94-66-75(82)65-93-99(87,88)95-69-76(67-91-78(83)61-53-45-36-30-26-20-23-29-35-43-51-59-73(6)7)97-80(85)64-56-48-38-32-25-19-18-22-28-34-42-50-58-72(4)5/h71-77,82H,9-70H2,1-8H3,(H,87,88)(H,89,90)/t74?,75-,76-,77-/m1/s1. The molecule has 0 aromatic carbocycles. The third-order valence-electron chi connectivity index (χ3n) is 19.2. The first kappa shape index (κ1) is 98.1. The molecule has 0 radical (unpaired) electrons. The number of phosphoric acid groups is 2. The van der Waals surface area contributed by atoms with Gasteiger partial charge in [-0.25, -0.2) is 9.13 Å². The zero-order valence-corrected chi connectivity index (χ0v) is 67.6. The SMILES string of the molecule is CCC(C)CCCCCCCCC(=O)OC[C@H](COP(=O)(O)OC[C@H](O)COP(=O)(O)OC[C@@H](COC(=O)CCCCCCCCCCCCCC(C)C)OC(=O)CCCCCCCCCCCCCCC(C)C)OC(=O)CCCCCCCCCCCCCCCCCCCCC(C)C. The van der Waals surface area contributed by atoms with Crippen LogP contribution in [0.5, 0.6) is 0 Å². The normalized spacial score (nSPS) is 14.3. The molecule has 3 N–H and O–H groups in total. The lowest BCUT2D eigenvalue weighted by atomic mass is 10.00. The van der Waals surface area contributed by atoms with Gasteiger partial charge in [0.1, 0.15) is 19.3 Å².